The van der Waals surface area contributed by atoms with Gasteiger partial charge in [-0.3, -0.25) is 0 Å². The third-order valence-corrected chi connectivity index (χ3v) is 6.36. The highest BCUT2D eigenvalue weighted by Crippen LogP contribution is 2.48. The maximum atomic E-state index is 12.5. The predicted octanol–water partition coefficient (Wildman–Crippen LogP) is 1.99. The summed E-state index contributed by atoms with van der Waals surface area (Å²) in [5.41, 5.74) is 6.15. The first kappa shape index (κ1) is 14.7. The number of sulfonamides is 1. The van der Waals surface area contributed by atoms with Crippen LogP contribution in [0.3, 0.4) is 0 Å². The van der Waals surface area contributed by atoms with Gasteiger partial charge in [0.2, 0.25) is 10.0 Å². The molecular formula is C15H22N2O3S. The monoisotopic (exact) mass is 310 g/mol. The van der Waals surface area contributed by atoms with Gasteiger partial charge < -0.3 is 10.5 Å². The Morgan fingerprint density at radius 1 is 1.33 bits per heavy atom. The van der Waals surface area contributed by atoms with Crippen molar-refractivity contribution in [3.05, 3.63) is 18.2 Å². The zero-order chi connectivity index (χ0) is 15.0. The van der Waals surface area contributed by atoms with Crippen molar-refractivity contribution in [2.45, 2.75) is 30.6 Å². The molecule has 3 N–H and O–H groups in total. The van der Waals surface area contributed by atoms with E-state index in [9.17, 15) is 8.42 Å². The van der Waals surface area contributed by atoms with Gasteiger partial charge in [-0.25, -0.2) is 13.1 Å². The second kappa shape index (κ2) is 5.50. The van der Waals surface area contributed by atoms with Crippen LogP contribution in [0.2, 0.25) is 0 Å². The van der Waals surface area contributed by atoms with Crippen LogP contribution in [-0.2, 0) is 10.0 Å². The number of benzene rings is 1. The molecule has 0 radical (unpaired) electrons. The van der Waals surface area contributed by atoms with Crippen LogP contribution >= 0.6 is 0 Å². The Morgan fingerprint density at radius 2 is 2.14 bits per heavy atom. The number of anilines is 1. The molecule has 5 nitrogen and oxygen atoms in total. The van der Waals surface area contributed by atoms with Crippen molar-refractivity contribution in [1.82, 2.24) is 4.72 Å². The normalized spacial score (nSPS) is 28.0. The van der Waals surface area contributed by atoms with Gasteiger partial charge in [0.1, 0.15) is 10.6 Å². The molecule has 2 saturated carbocycles. The number of hydrogen-bond donors (Lipinski definition) is 2. The molecule has 116 valence electrons. The van der Waals surface area contributed by atoms with Crippen LogP contribution in [0.1, 0.15) is 25.7 Å². The molecule has 0 saturated heterocycles. The molecule has 1 aromatic rings. The molecule has 0 amide bonds. The minimum absolute atomic E-state index is 0.155. The van der Waals surface area contributed by atoms with E-state index in [0.717, 1.165) is 12.3 Å². The topological polar surface area (TPSA) is 81.4 Å². The maximum Gasteiger partial charge on any atom is 0.244 e. The molecule has 2 aliphatic carbocycles. The van der Waals surface area contributed by atoms with Crippen LogP contribution in [0, 0.1) is 17.8 Å². The number of fused-ring (bicyclic) bond motifs is 2. The lowest BCUT2D eigenvalue weighted by molar-refractivity contribution is 0.332. The second-order valence-electron chi connectivity index (χ2n) is 6.20. The molecule has 21 heavy (non-hydrogen) atoms. The summed E-state index contributed by atoms with van der Waals surface area (Å²) >= 11 is 0. The number of hydrogen-bond acceptors (Lipinski definition) is 4. The molecule has 0 aliphatic heterocycles. The van der Waals surface area contributed by atoms with E-state index in [-0.39, 0.29) is 10.6 Å². The van der Waals surface area contributed by atoms with Crippen LogP contribution in [0.15, 0.2) is 23.1 Å². The lowest BCUT2D eigenvalue weighted by Crippen LogP contribution is -2.31. The predicted molar refractivity (Wildman–Crippen MR) is 81.5 cm³/mol. The Labute approximate surface area is 125 Å². The number of methoxy groups -OCH3 is 1. The molecular weight excluding hydrogens is 288 g/mol. The van der Waals surface area contributed by atoms with Crippen molar-refractivity contribution in [1.29, 1.82) is 0 Å². The molecule has 0 spiro atoms. The smallest absolute Gasteiger partial charge is 0.244 e. The van der Waals surface area contributed by atoms with Gasteiger partial charge in [0.05, 0.1) is 7.11 Å². The largest absolute Gasteiger partial charge is 0.495 e. The van der Waals surface area contributed by atoms with E-state index >= 15 is 0 Å². The average molecular weight is 310 g/mol. The van der Waals surface area contributed by atoms with Crippen LogP contribution in [-0.4, -0.2) is 22.1 Å². The highest BCUT2D eigenvalue weighted by Gasteiger charge is 2.39. The standard InChI is InChI=1S/C15H22N2O3S/c1-20-14-8-13(16)4-5-15(14)21(18,19)17-9-12-7-10-2-3-11(12)6-10/h4-5,8,10-12,17H,2-3,6-7,9,16H2,1H3. The van der Waals surface area contributed by atoms with Crippen LogP contribution < -0.4 is 15.2 Å². The number of ether oxygens (including phenoxy) is 1. The van der Waals surface area contributed by atoms with Gasteiger partial charge in [0, 0.05) is 18.3 Å². The molecule has 3 rings (SSSR count). The molecule has 2 fully saturated rings. The van der Waals surface area contributed by atoms with Crippen molar-refractivity contribution >= 4 is 15.7 Å². The summed E-state index contributed by atoms with van der Waals surface area (Å²) in [5.74, 6) is 2.29. The second-order valence-corrected chi connectivity index (χ2v) is 7.93. The van der Waals surface area contributed by atoms with E-state index < -0.39 is 10.0 Å². The third-order valence-electron chi connectivity index (χ3n) is 4.90. The number of nitrogen functional groups attached to an aromatic ring is 1. The van der Waals surface area contributed by atoms with Gasteiger partial charge in [-0.2, -0.15) is 0 Å². The van der Waals surface area contributed by atoms with Crippen molar-refractivity contribution < 1.29 is 13.2 Å². The Morgan fingerprint density at radius 3 is 2.76 bits per heavy atom. The van der Waals surface area contributed by atoms with Gasteiger partial charge in [0.25, 0.3) is 0 Å². The zero-order valence-corrected chi connectivity index (χ0v) is 13.0. The number of nitrogens with two attached hydrogens (primary N) is 1. The molecule has 0 heterocycles. The van der Waals surface area contributed by atoms with E-state index in [1.54, 1.807) is 6.07 Å². The van der Waals surface area contributed by atoms with E-state index in [1.807, 2.05) is 0 Å². The first-order valence-electron chi connectivity index (χ1n) is 7.43. The highest BCUT2D eigenvalue weighted by molar-refractivity contribution is 7.89. The molecule has 6 heteroatoms. The lowest BCUT2D eigenvalue weighted by Gasteiger charge is -2.22. The first-order chi connectivity index (χ1) is 9.99. The van der Waals surface area contributed by atoms with E-state index in [0.29, 0.717) is 24.1 Å². The molecule has 0 aromatic heterocycles. The highest BCUT2D eigenvalue weighted by atomic mass is 32.2. The van der Waals surface area contributed by atoms with Gasteiger partial charge >= 0.3 is 0 Å². The summed E-state index contributed by atoms with van der Waals surface area (Å²) in [4.78, 5) is 0.155. The fourth-order valence-electron chi connectivity index (χ4n) is 3.83. The summed E-state index contributed by atoms with van der Waals surface area (Å²) in [7, 11) is -2.11. The SMILES string of the molecule is COc1cc(N)ccc1S(=O)(=O)NCC1CC2CCC1C2. The summed E-state index contributed by atoms with van der Waals surface area (Å²) in [6, 6.07) is 4.61. The van der Waals surface area contributed by atoms with Crippen molar-refractivity contribution in [2.24, 2.45) is 17.8 Å². The Balaban J connectivity index is 1.72. The molecule has 3 atom stereocenters. The minimum atomic E-state index is -3.55. The lowest BCUT2D eigenvalue weighted by atomic mass is 9.89. The third kappa shape index (κ3) is 2.87. The average Bonchev–Trinajstić information content (AvgIpc) is 3.07. The quantitative estimate of drug-likeness (QED) is 0.815. The molecule has 3 unspecified atom stereocenters. The van der Waals surface area contributed by atoms with Crippen molar-refractivity contribution in [3.8, 4) is 5.75 Å². The summed E-state index contributed by atoms with van der Waals surface area (Å²) in [5, 5.41) is 0. The van der Waals surface area contributed by atoms with Gasteiger partial charge in [-0.1, -0.05) is 6.42 Å². The van der Waals surface area contributed by atoms with Crippen LogP contribution in [0.4, 0.5) is 5.69 Å². The summed E-state index contributed by atoms with van der Waals surface area (Å²) in [6.07, 6.45) is 5.01. The fraction of sp³-hybridized carbons (Fsp3) is 0.600. The Kier molecular flexibility index (Phi) is 3.84. The summed E-state index contributed by atoms with van der Waals surface area (Å²) in [6.45, 7) is 0.525. The fourth-order valence-corrected chi connectivity index (χ4v) is 5.07. The molecule has 2 aliphatic rings. The van der Waals surface area contributed by atoms with E-state index in [2.05, 4.69) is 4.72 Å². The minimum Gasteiger partial charge on any atom is -0.495 e. The van der Waals surface area contributed by atoms with Crippen molar-refractivity contribution in [2.75, 3.05) is 19.4 Å². The number of nitrogens with one attached hydrogen (secondary N) is 1. The zero-order valence-electron chi connectivity index (χ0n) is 12.2. The van der Waals surface area contributed by atoms with Gasteiger partial charge in [0.15, 0.2) is 0 Å². The molecule has 1 aromatic carbocycles. The molecule has 2 bridgehead atoms. The Hall–Kier alpha value is -1.27. The van der Waals surface area contributed by atoms with E-state index in [1.165, 1.54) is 38.5 Å². The van der Waals surface area contributed by atoms with Gasteiger partial charge in [-0.05, 0) is 49.1 Å². The Bertz CT molecular complexity index is 630. The number of rotatable bonds is 5. The van der Waals surface area contributed by atoms with Crippen LogP contribution in [0.25, 0.3) is 0 Å². The van der Waals surface area contributed by atoms with E-state index in [4.69, 9.17) is 10.5 Å². The van der Waals surface area contributed by atoms with Crippen molar-refractivity contribution in [3.63, 3.8) is 0 Å². The first-order valence-corrected chi connectivity index (χ1v) is 8.91. The summed E-state index contributed by atoms with van der Waals surface area (Å²) < 4.78 is 32.8. The van der Waals surface area contributed by atoms with Crippen LogP contribution in [0.5, 0.6) is 5.75 Å². The maximum absolute atomic E-state index is 12.5. The van der Waals surface area contributed by atoms with Gasteiger partial charge in [-0.15, -0.1) is 0 Å².